The Kier molecular flexibility index (Phi) is 59.9. The molecule has 4 atom stereocenters. The molecule has 0 aromatic heterocycles. The Morgan fingerprint density at radius 3 is 0.536 bits per heavy atom. The Morgan fingerprint density at radius 1 is 0.259 bits per heavy atom. The van der Waals surface area contributed by atoms with E-state index in [1.807, 2.05) is 0 Å². The lowest BCUT2D eigenvalue weighted by atomic mass is 10.0. The minimum Gasteiger partial charge on any atom is -0.480 e. The van der Waals surface area contributed by atoms with Crippen LogP contribution in [-0.2, 0) is 76.3 Å². The van der Waals surface area contributed by atoms with Crippen molar-refractivity contribution in [3.63, 3.8) is 0 Å². The summed E-state index contributed by atoms with van der Waals surface area (Å²) < 4.78 is 44.6. The molecule has 4 amide bonds. The molecule has 1 heterocycles. The molecule has 43 heteroatoms. The number of amides is 4. The van der Waals surface area contributed by atoms with Crippen LogP contribution < -0.4 is 21.3 Å². The van der Waals surface area contributed by atoms with Crippen LogP contribution in [0.25, 0.3) is 0 Å². The molecule has 656 valence electrons. The molecule has 112 heavy (non-hydrogen) atoms. The summed E-state index contributed by atoms with van der Waals surface area (Å²) in [6.45, 7) is -12.7. The van der Waals surface area contributed by atoms with Crippen molar-refractivity contribution >= 4 is 47.3 Å². The average Bonchev–Trinajstić information content (AvgIpc) is 0.839. The summed E-state index contributed by atoms with van der Waals surface area (Å²) in [5.41, 5.74) is 0. The fourth-order valence-corrected chi connectivity index (χ4v) is 11.4. The minimum absolute atomic E-state index is 0.157. The highest BCUT2D eigenvalue weighted by Crippen LogP contribution is 2.20. The van der Waals surface area contributed by atoms with E-state index in [2.05, 4.69) is 21.3 Å². The summed E-state index contributed by atoms with van der Waals surface area (Å²) >= 11 is 0. The molecule has 43 nitrogen and oxygen atoms in total. The monoisotopic (exact) mass is 1630 g/mol. The normalized spacial score (nSPS) is 15.4. The highest BCUT2D eigenvalue weighted by Gasteiger charge is 2.36. The lowest BCUT2D eigenvalue weighted by Crippen LogP contribution is -2.56. The first-order chi connectivity index (χ1) is 53.8. The molecule has 0 bridgehead atoms. The lowest BCUT2D eigenvalue weighted by molar-refractivity contribution is -0.147. The van der Waals surface area contributed by atoms with E-state index >= 15 is 0 Å². The molecule has 1 rings (SSSR count). The van der Waals surface area contributed by atoms with Gasteiger partial charge in [-0.2, -0.15) is 0 Å². The number of carbonyl (C=O) groups excluding carboxylic acids is 5. The quantitative estimate of drug-likeness (QED) is 0.0269. The Bertz CT molecular complexity index is 2080. The van der Waals surface area contributed by atoms with E-state index in [1.54, 1.807) is 4.90 Å². The number of carbonyl (C=O) groups is 8. The fraction of sp³-hybridized carbons (Fsp3) is 0.884. The summed E-state index contributed by atoms with van der Waals surface area (Å²) in [6.07, 6.45) is -11.5. The second-order valence-corrected chi connectivity index (χ2v) is 27.2. The van der Waals surface area contributed by atoms with Gasteiger partial charge >= 0.3 is 17.9 Å². The van der Waals surface area contributed by atoms with E-state index in [0.717, 1.165) is 0 Å². The standard InChI is InChI=1S/C69H130N8O35/c1-46(94)59(2-6-63(95)70-18-47(38-105-51(22-78)23-79)39-106-52(24-80)25-81)74-10-12-75(60(67(99)100)3-7-64(96)71-19-48(40-107-53(26-82)27-83)41-108-54(28-84)29-85)14-16-77(62(69(103)104)5-9-66(98)73-21-50(44-111-57(34-90)35-91)45-112-58(36-92)37-93)17-15-76(13-11-74)61(68(101)102)4-8-65(97)72-20-49(42-109-55(30-86)31-87)43-110-56(32-88)33-89/h47-62,78-93H,2-45H2,1H3,(H,70,95)(H,71,96)(H,72,97)(H,73,98)(H,99,100)(H,101,102)(H,103,104). The molecule has 0 aliphatic carbocycles. The fourth-order valence-electron chi connectivity index (χ4n) is 11.4. The zero-order valence-electron chi connectivity index (χ0n) is 64.2. The molecule has 0 saturated carbocycles. The molecule has 0 spiro atoms. The van der Waals surface area contributed by atoms with Gasteiger partial charge in [0.2, 0.25) is 23.6 Å². The van der Waals surface area contributed by atoms with Crippen LogP contribution in [0.5, 0.6) is 0 Å². The summed E-state index contributed by atoms with van der Waals surface area (Å²) in [5, 5.41) is 198. The predicted octanol–water partition coefficient (Wildman–Crippen LogP) is -11.5. The highest BCUT2D eigenvalue weighted by atomic mass is 16.5. The Labute approximate surface area is 651 Å². The van der Waals surface area contributed by atoms with Crippen LogP contribution in [0.2, 0.25) is 0 Å². The molecule has 4 unspecified atom stereocenters. The summed E-state index contributed by atoms with van der Waals surface area (Å²) in [5.74, 6) is -10.5. The first-order valence-corrected chi connectivity index (χ1v) is 37.7. The third-order valence-corrected chi connectivity index (χ3v) is 18.5. The van der Waals surface area contributed by atoms with Crippen molar-refractivity contribution in [2.75, 3.05) is 237 Å². The number of rotatable bonds is 68. The molecule has 1 saturated heterocycles. The van der Waals surface area contributed by atoms with Crippen molar-refractivity contribution in [1.29, 1.82) is 0 Å². The van der Waals surface area contributed by atoms with Gasteiger partial charge in [0, 0.05) is 128 Å². The van der Waals surface area contributed by atoms with E-state index in [4.69, 9.17) is 37.9 Å². The van der Waals surface area contributed by atoms with Crippen LogP contribution in [0.1, 0.15) is 58.3 Å². The van der Waals surface area contributed by atoms with Gasteiger partial charge in [-0.25, -0.2) is 0 Å². The number of ketones is 1. The number of hydrogen-bond donors (Lipinski definition) is 23. The van der Waals surface area contributed by atoms with Gasteiger partial charge in [-0.05, 0) is 32.6 Å². The zero-order valence-corrected chi connectivity index (χ0v) is 64.2. The first-order valence-electron chi connectivity index (χ1n) is 37.7. The molecule has 1 fully saturated rings. The van der Waals surface area contributed by atoms with Gasteiger partial charge in [0.1, 0.15) is 72.7 Å². The van der Waals surface area contributed by atoms with Gasteiger partial charge < -0.3 is 156 Å². The first kappa shape index (κ1) is 105. The molecular formula is C69H130N8O35. The second kappa shape index (κ2) is 64.0. The van der Waals surface area contributed by atoms with E-state index < -0.39 is 288 Å². The molecule has 0 aromatic carbocycles. The van der Waals surface area contributed by atoms with Crippen LogP contribution >= 0.6 is 0 Å². The number of aliphatic carboxylic acids is 3. The number of aliphatic hydroxyl groups is 16. The van der Waals surface area contributed by atoms with E-state index in [1.165, 1.54) is 21.6 Å². The summed E-state index contributed by atoms with van der Waals surface area (Å²) in [7, 11) is 0. The number of nitrogens with one attached hydrogen (secondary N) is 4. The van der Waals surface area contributed by atoms with Crippen molar-refractivity contribution < 1.29 is 173 Å². The van der Waals surface area contributed by atoms with Gasteiger partial charge in [-0.15, -0.1) is 0 Å². The minimum atomic E-state index is -1.60. The Hall–Kier alpha value is -5.16. The number of carboxylic acids is 3. The van der Waals surface area contributed by atoms with Gasteiger partial charge in [-0.3, -0.25) is 58.0 Å². The summed E-state index contributed by atoms with van der Waals surface area (Å²) in [4.78, 5) is 116. The van der Waals surface area contributed by atoms with Crippen molar-refractivity contribution in [1.82, 2.24) is 40.9 Å². The van der Waals surface area contributed by atoms with E-state index in [9.17, 15) is 135 Å². The van der Waals surface area contributed by atoms with Crippen LogP contribution in [0.4, 0.5) is 0 Å². The molecule has 23 N–H and O–H groups in total. The van der Waals surface area contributed by atoms with Crippen LogP contribution in [0, 0.1) is 23.7 Å². The predicted molar refractivity (Wildman–Crippen MR) is 389 cm³/mol. The maximum atomic E-state index is 14.1. The van der Waals surface area contributed by atoms with Gasteiger partial charge in [0.15, 0.2) is 0 Å². The smallest absolute Gasteiger partial charge is 0.320 e. The van der Waals surface area contributed by atoms with Gasteiger partial charge in [-0.1, -0.05) is 0 Å². The molecule has 0 radical (unpaired) electrons. The van der Waals surface area contributed by atoms with Crippen LogP contribution in [0.15, 0.2) is 0 Å². The molecule has 1 aliphatic rings. The number of aliphatic hydroxyl groups excluding tert-OH is 16. The topological polar surface area (TPSA) is 656 Å². The van der Waals surface area contributed by atoms with Crippen molar-refractivity contribution in [3.8, 4) is 0 Å². The molecule has 0 aromatic rings. The molecule has 1 aliphatic heterocycles. The van der Waals surface area contributed by atoms with E-state index in [0.29, 0.717) is 0 Å². The Morgan fingerprint density at radius 2 is 0.402 bits per heavy atom. The third-order valence-electron chi connectivity index (χ3n) is 18.5. The van der Waals surface area contributed by atoms with Crippen LogP contribution in [0.3, 0.4) is 0 Å². The number of Topliss-reactive ketones (excluding diaryl/α,β-unsaturated/α-hetero) is 1. The molecular weight excluding hydrogens is 1500 g/mol. The highest BCUT2D eigenvalue weighted by molar-refractivity contribution is 5.83. The summed E-state index contributed by atoms with van der Waals surface area (Å²) in [6, 6.07) is -5.93. The number of ether oxygens (including phenoxy) is 8. The maximum absolute atomic E-state index is 14.1. The maximum Gasteiger partial charge on any atom is 0.320 e. The number of hydrogen-bond acceptors (Lipinski definition) is 36. The lowest BCUT2D eigenvalue weighted by Gasteiger charge is -2.40. The van der Waals surface area contributed by atoms with Crippen molar-refractivity contribution in [3.05, 3.63) is 0 Å². The van der Waals surface area contributed by atoms with Gasteiger partial charge in [0.25, 0.3) is 0 Å². The van der Waals surface area contributed by atoms with Crippen molar-refractivity contribution in [2.45, 2.75) is 131 Å². The second-order valence-electron chi connectivity index (χ2n) is 27.2. The van der Waals surface area contributed by atoms with Crippen molar-refractivity contribution in [2.24, 2.45) is 23.7 Å². The SMILES string of the molecule is CC(=O)C(CCC(=O)NCC(COC(CO)CO)COC(CO)CO)N1CCN(C(CCC(=O)NCC(COC(CO)CO)COC(CO)CO)C(=O)O)CCN(C(CCC(=O)NCC(COC(CO)CO)COC(CO)CO)C(=O)O)CCN(C(CCC(=O)NCC(COC(CO)CO)COC(CO)CO)C(=O)O)CC1. The largest absolute Gasteiger partial charge is 0.480 e. The van der Waals surface area contributed by atoms with E-state index in [-0.39, 0.29) is 144 Å². The third kappa shape index (κ3) is 44.8. The zero-order chi connectivity index (χ0) is 83.8. The van der Waals surface area contributed by atoms with Gasteiger partial charge in [0.05, 0.1) is 165 Å². The number of nitrogens with zero attached hydrogens (tertiary/aromatic N) is 4. The Balaban J connectivity index is 4.18. The van der Waals surface area contributed by atoms with Crippen LogP contribution in [-0.4, -0.2) is 474 Å². The number of carboxylic acid groups (broad SMARTS) is 3. The average molecular weight is 1630 g/mol.